The van der Waals surface area contributed by atoms with Gasteiger partial charge >= 0.3 is 5.97 Å². The van der Waals surface area contributed by atoms with Crippen molar-refractivity contribution in [3.8, 4) is 6.07 Å². The molecule has 1 aliphatic heterocycles. The zero-order valence-electron chi connectivity index (χ0n) is 12.4. The molecule has 1 rings (SSSR count). The highest BCUT2D eigenvalue weighted by molar-refractivity contribution is 5.70. The Bertz CT molecular complexity index is 365. The summed E-state index contributed by atoms with van der Waals surface area (Å²) in [6, 6.07) is 2.09. The molecule has 1 saturated heterocycles. The third kappa shape index (κ3) is 6.04. The molecule has 0 radical (unpaired) electrons. The molecule has 5 heteroatoms. The molecule has 0 aromatic carbocycles. The highest BCUT2D eigenvalue weighted by Gasteiger charge is 2.36. The van der Waals surface area contributed by atoms with Gasteiger partial charge in [0, 0.05) is 6.42 Å². The van der Waals surface area contributed by atoms with Gasteiger partial charge in [0.15, 0.2) is 5.79 Å². The van der Waals surface area contributed by atoms with Crippen molar-refractivity contribution in [1.29, 1.82) is 5.26 Å². The number of hydrogen-bond donors (Lipinski definition) is 0. The lowest BCUT2D eigenvalue weighted by Crippen LogP contribution is -2.45. The van der Waals surface area contributed by atoms with Crippen LogP contribution in [0, 0.1) is 11.3 Å². The van der Waals surface area contributed by atoms with E-state index < -0.39 is 11.4 Å². The van der Waals surface area contributed by atoms with Gasteiger partial charge in [-0.2, -0.15) is 5.26 Å². The van der Waals surface area contributed by atoms with E-state index in [-0.39, 0.29) is 24.6 Å². The quantitative estimate of drug-likeness (QED) is 0.736. The van der Waals surface area contributed by atoms with Crippen molar-refractivity contribution < 1.29 is 19.0 Å². The van der Waals surface area contributed by atoms with Crippen molar-refractivity contribution in [1.82, 2.24) is 0 Å². The largest absolute Gasteiger partial charge is 0.460 e. The molecule has 5 nitrogen and oxygen atoms in total. The summed E-state index contributed by atoms with van der Waals surface area (Å²) in [6.45, 7) is 9.08. The van der Waals surface area contributed by atoms with Crippen LogP contribution in [0.25, 0.3) is 0 Å². The van der Waals surface area contributed by atoms with E-state index in [2.05, 4.69) is 6.07 Å². The summed E-state index contributed by atoms with van der Waals surface area (Å²) in [6.07, 6.45) is 0.568. The van der Waals surface area contributed by atoms with Gasteiger partial charge in [-0.15, -0.1) is 0 Å². The second-order valence-corrected chi connectivity index (χ2v) is 6.27. The fourth-order valence-corrected chi connectivity index (χ4v) is 2.14. The van der Waals surface area contributed by atoms with Crippen LogP contribution < -0.4 is 0 Å². The number of hydrogen-bond acceptors (Lipinski definition) is 5. The van der Waals surface area contributed by atoms with E-state index in [1.807, 2.05) is 20.8 Å². The van der Waals surface area contributed by atoms with Crippen molar-refractivity contribution in [2.45, 2.75) is 77.5 Å². The van der Waals surface area contributed by atoms with Crippen LogP contribution >= 0.6 is 0 Å². The standard InChI is InChI=1S/C14H23NO4/c1-13(2,3)19-12(16)9-11-8-10(6-7-15)17-14(4,5)18-11/h10-11H,6,8-9H2,1-5H3/t10-,11+/m1/s1. The number of nitriles is 1. The predicted octanol–water partition coefficient (Wildman–Crippen LogP) is 2.54. The number of rotatable bonds is 3. The zero-order valence-corrected chi connectivity index (χ0v) is 12.4. The second-order valence-electron chi connectivity index (χ2n) is 6.27. The van der Waals surface area contributed by atoms with Gasteiger partial charge < -0.3 is 14.2 Å². The van der Waals surface area contributed by atoms with Crippen LogP contribution in [0.5, 0.6) is 0 Å². The van der Waals surface area contributed by atoms with Gasteiger partial charge in [-0.3, -0.25) is 4.79 Å². The zero-order chi connectivity index (χ0) is 14.7. The van der Waals surface area contributed by atoms with Crippen LogP contribution in [-0.2, 0) is 19.0 Å². The SMILES string of the molecule is CC(C)(C)OC(=O)C[C@@H]1C[C@@H](CC#N)OC(C)(C)O1. The lowest BCUT2D eigenvalue weighted by atomic mass is 10.0. The molecule has 0 aliphatic carbocycles. The van der Waals surface area contributed by atoms with E-state index in [1.54, 1.807) is 13.8 Å². The lowest BCUT2D eigenvalue weighted by molar-refractivity contribution is -0.298. The molecule has 2 atom stereocenters. The lowest BCUT2D eigenvalue weighted by Gasteiger charge is -2.40. The average molecular weight is 269 g/mol. The summed E-state index contributed by atoms with van der Waals surface area (Å²) < 4.78 is 16.6. The molecule has 0 saturated carbocycles. The maximum atomic E-state index is 11.8. The van der Waals surface area contributed by atoms with Gasteiger partial charge in [0.25, 0.3) is 0 Å². The molecule has 1 heterocycles. The minimum Gasteiger partial charge on any atom is -0.460 e. The topological polar surface area (TPSA) is 68.6 Å². The van der Waals surface area contributed by atoms with Crippen molar-refractivity contribution in [3.05, 3.63) is 0 Å². The van der Waals surface area contributed by atoms with E-state index in [1.165, 1.54) is 0 Å². The maximum absolute atomic E-state index is 11.8. The highest BCUT2D eigenvalue weighted by atomic mass is 16.7. The first-order chi connectivity index (χ1) is 8.61. The fourth-order valence-electron chi connectivity index (χ4n) is 2.14. The summed E-state index contributed by atoms with van der Waals surface area (Å²) in [4.78, 5) is 11.8. The summed E-state index contributed by atoms with van der Waals surface area (Å²) in [5, 5.41) is 8.75. The Kier molecular flexibility index (Phi) is 4.94. The Balaban J connectivity index is 2.57. The normalized spacial score (nSPS) is 26.5. The molecular weight excluding hydrogens is 246 g/mol. The van der Waals surface area contributed by atoms with E-state index in [9.17, 15) is 4.79 Å². The Morgan fingerprint density at radius 2 is 1.95 bits per heavy atom. The fraction of sp³-hybridized carbons (Fsp3) is 0.857. The first-order valence-electron chi connectivity index (χ1n) is 6.56. The van der Waals surface area contributed by atoms with Crippen LogP contribution in [-0.4, -0.2) is 29.6 Å². The van der Waals surface area contributed by atoms with Gasteiger partial charge in [0.2, 0.25) is 0 Å². The molecule has 0 amide bonds. The van der Waals surface area contributed by atoms with Crippen LogP contribution in [0.1, 0.15) is 53.9 Å². The summed E-state index contributed by atoms with van der Waals surface area (Å²) in [5.74, 6) is -1.06. The van der Waals surface area contributed by atoms with Gasteiger partial charge in [0.05, 0.1) is 31.1 Å². The highest BCUT2D eigenvalue weighted by Crippen LogP contribution is 2.30. The Labute approximate surface area is 114 Å². The monoisotopic (exact) mass is 269 g/mol. The van der Waals surface area contributed by atoms with Crippen molar-refractivity contribution >= 4 is 5.97 Å². The van der Waals surface area contributed by atoms with Crippen LogP contribution in [0.15, 0.2) is 0 Å². The molecule has 0 bridgehead atoms. The molecule has 0 aromatic heterocycles. The summed E-state index contributed by atoms with van der Waals surface area (Å²) in [5.41, 5.74) is -0.496. The van der Waals surface area contributed by atoms with Gasteiger partial charge in [0.1, 0.15) is 5.60 Å². The van der Waals surface area contributed by atoms with Crippen molar-refractivity contribution in [3.63, 3.8) is 0 Å². The number of esters is 1. The molecule has 108 valence electrons. The average Bonchev–Trinajstić information content (AvgIpc) is 2.10. The minimum atomic E-state index is -0.771. The number of carbonyl (C=O) groups excluding carboxylic acids is 1. The number of nitrogens with zero attached hydrogens (tertiary/aromatic N) is 1. The van der Waals surface area contributed by atoms with Crippen LogP contribution in [0.3, 0.4) is 0 Å². The molecule has 0 aromatic rings. The maximum Gasteiger partial charge on any atom is 0.308 e. The Morgan fingerprint density at radius 1 is 1.37 bits per heavy atom. The third-order valence-electron chi connectivity index (χ3n) is 2.56. The first kappa shape index (κ1) is 15.9. The molecule has 1 fully saturated rings. The molecule has 19 heavy (non-hydrogen) atoms. The molecular formula is C14H23NO4. The summed E-state index contributed by atoms with van der Waals surface area (Å²) >= 11 is 0. The van der Waals surface area contributed by atoms with Crippen molar-refractivity contribution in [2.24, 2.45) is 0 Å². The van der Waals surface area contributed by atoms with Gasteiger partial charge in [-0.25, -0.2) is 0 Å². The minimum absolute atomic E-state index is 0.186. The Hall–Kier alpha value is -1.12. The number of ether oxygens (including phenoxy) is 3. The second kappa shape index (κ2) is 5.89. The van der Waals surface area contributed by atoms with E-state index >= 15 is 0 Å². The molecule has 0 N–H and O–H groups in total. The Morgan fingerprint density at radius 3 is 2.47 bits per heavy atom. The van der Waals surface area contributed by atoms with Gasteiger partial charge in [-0.05, 0) is 34.6 Å². The molecule has 0 spiro atoms. The molecule has 0 unspecified atom stereocenters. The smallest absolute Gasteiger partial charge is 0.308 e. The van der Waals surface area contributed by atoms with Crippen LogP contribution in [0.2, 0.25) is 0 Å². The predicted molar refractivity (Wildman–Crippen MR) is 69.1 cm³/mol. The van der Waals surface area contributed by atoms with E-state index in [0.29, 0.717) is 12.8 Å². The first-order valence-corrected chi connectivity index (χ1v) is 6.56. The third-order valence-corrected chi connectivity index (χ3v) is 2.56. The summed E-state index contributed by atoms with van der Waals surface area (Å²) in [7, 11) is 0. The number of carbonyl (C=O) groups is 1. The van der Waals surface area contributed by atoms with Gasteiger partial charge in [-0.1, -0.05) is 0 Å². The van der Waals surface area contributed by atoms with Crippen LogP contribution in [0.4, 0.5) is 0 Å². The van der Waals surface area contributed by atoms with E-state index in [0.717, 1.165) is 0 Å². The van der Waals surface area contributed by atoms with E-state index in [4.69, 9.17) is 19.5 Å². The molecule has 1 aliphatic rings. The van der Waals surface area contributed by atoms with Crippen molar-refractivity contribution in [2.75, 3.05) is 0 Å².